The highest BCUT2D eigenvalue weighted by Crippen LogP contribution is 2.38. The first kappa shape index (κ1) is 31.0. The van der Waals surface area contributed by atoms with Crippen molar-refractivity contribution in [2.45, 2.75) is 0 Å². The van der Waals surface area contributed by atoms with Crippen molar-refractivity contribution in [1.82, 2.24) is 19.9 Å². The Hall–Kier alpha value is -7.04. The van der Waals surface area contributed by atoms with Gasteiger partial charge in [-0.1, -0.05) is 170 Å². The molecule has 0 amide bonds. The monoisotopic (exact) mass is 664 g/mol. The standard InChI is InChI=1S/C48H32N4/c1-3-12-36(13-4-1)40-17-7-10-20-44(40)47-50-46(38-14-5-2-6-15-38)51-48(52-47)45-30-29-41(42-18-8-9-19-43(42)45)37-27-25-34(26-28-37)33-21-23-35(24-22-33)39-16-11-31-49-32-39/h1-32H. The van der Waals surface area contributed by atoms with Gasteiger partial charge in [0.25, 0.3) is 0 Å². The molecule has 0 saturated heterocycles. The van der Waals surface area contributed by atoms with E-state index in [1.807, 2.05) is 54.7 Å². The first-order chi connectivity index (χ1) is 25.8. The molecule has 0 N–H and O–H groups in total. The lowest BCUT2D eigenvalue weighted by Crippen LogP contribution is -2.01. The van der Waals surface area contributed by atoms with E-state index in [0.29, 0.717) is 17.5 Å². The lowest BCUT2D eigenvalue weighted by Gasteiger charge is -2.14. The third kappa shape index (κ3) is 6.03. The van der Waals surface area contributed by atoms with Gasteiger partial charge in [0.1, 0.15) is 0 Å². The van der Waals surface area contributed by atoms with Gasteiger partial charge in [-0.05, 0) is 67.4 Å². The van der Waals surface area contributed by atoms with Crippen molar-refractivity contribution in [1.29, 1.82) is 0 Å². The van der Waals surface area contributed by atoms with E-state index in [1.54, 1.807) is 6.20 Å². The average Bonchev–Trinajstić information content (AvgIpc) is 3.24. The van der Waals surface area contributed by atoms with Crippen LogP contribution in [-0.4, -0.2) is 19.9 Å². The molecular formula is C48H32N4. The number of pyridine rings is 1. The van der Waals surface area contributed by atoms with Crippen molar-refractivity contribution >= 4 is 10.8 Å². The summed E-state index contributed by atoms with van der Waals surface area (Å²) in [6, 6.07) is 63.3. The second-order valence-electron chi connectivity index (χ2n) is 12.7. The molecule has 52 heavy (non-hydrogen) atoms. The summed E-state index contributed by atoms with van der Waals surface area (Å²) in [7, 11) is 0. The summed E-state index contributed by atoms with van der Waals surface area (Å²) in [4.78, 5) is 19.6. The lowest BCUT2D eigenvalue weighted by atomic mass is 9.93. The van der Waals surface area contributed by atoms with Crippen LogP contribution in [0.3, 0.4) is 0 Å². The molecule has 0 saturated carbocycles. The number of rotatable bonds is 7. The van der Waals surface area contributed by atoms with Crippen LogP contribution in [0.1, 0.15) is 0 Å². The highest BCUT2D eigenvalue weighted by molar-refractivity contribution is 6.04. The number of benzene rings is 7. The lowest BCUT2D eigenvalue weighted by molar-refractivity contribution is 1.08. The van der Waals surface area contributed by atoms with Gasteiger partial charge in [0.05, 0.1) is 0 Å². The molecular weight excluding hydrogens is 633 g/mol. The summed E-state index contributed by atoms with van der Waals surface area (Å²) in [5.41, 5.74) is 12.0. The predicted octanol–water partition coefficient (Wildman–Crippen LogP) is 12.1. The van der Waals surface area contributed by atoms with Gasteiger partial charge in [0.15, 0.2) is 17.5 Å². The molecule has 9 rings (SSSR count). The number of aromatic nitrogens is 4. The van der Waals surface area contributed by atoms with E-state index < -0.39 is 0 Å². The van der Waals surface area contributed by atoms with Crippen LogP contribution in [0, 0.1) is 0 Å². The Labute approximate surface area is 302 Å². The van der Waals surface area contributed by atoms with E-state index in [2.05, 4.69) is 138 Å². The maximum absolute atomic E-state index is 5.18. The topological polar surface area (TPSA) is 51.6 Å². The molecule has 0 unspecified atom stereocenters. The molecule has 4 heteroatoms. The average molecular weight is 665 g/mol. The molecule has 4 nitrogen and oxygen atoms in total. The van der Waals surface area contributed by atoms with E-state index in [-0.39, 0.29) is 0 Å². The minimum Gasteiger partial charge on any atom is -0.264 e. The van der Waals surface area contributed by atoms with E-state index in [1.165, 1.54) is 11.1 Å². The van der Waals surface area contributed by atoms with E-state index in [4.69, 9.17) is 15.0 Å². The molecule has 7 aromatic carbocycles. The number of hydrogen-bond acceptors (Lipinski definition) is 4. The van der Waals surface area contributed by atoms with E-state index in [0.717, 1.165) is 60.8 Å². The second kappa shape index (κ2) is 13.7. The molecule has 0 bridgehead atoms. The fourth-order valence-electron chi connectivity index (χ4n) is 6.86. The van der Waals surface area contributed by atoms with Gasteiger partial charge in [-0.3, -0.25) is 4.98 Å². The quantitative estimate of drug-likeness (QED) is 0.170. The summed E-state index contributed by atoms with van der Waals surface area (Å²) < 4.78 is 0. The first-order valence-electron chi connectivity index (χ1n) is 17.4. The Morgan fingerprint density at radius 3 is 1.33 bits per heavy atom. The van der Waals surface area contributed by atoms with Gasteiger partial charge < -0.3 is 0 Å². The highest BCUT2D eigenvalue weighted by atomic mass is 15.0. The normalized spacial score (nSPS) is 11.1. The van der Waals surface area contributed by atoms with Crippen LogP contribution in [-0.2, 0) is 0 Å². The molecule has 9 aromatic rings. The van der Waals surface area contributed by atoms with Gasteiger partial charge in [-0.15, -0.1) is 0 Å². The summed E-state index contributed by atoms with van der Waals surface area (Å²) in [6.07, 6.45) is 3.69. The summed E-state index contributed by atoms with van der Waals surface area (Å²) in [5, 5.41) is 2.23. The maximum atomic E-state index is 5.18. The SMILES string of the molecule is c1ccc(-c2nc(-c3ccccc3-c3ccccc3)nc(-c3ccc(-c4ccc(-c5ccc(-c6cccnc6)cc5)cc4)c4ccccc34)n2)cc1. The molecule has 0 fully saturated rings. The van der Waals surface area contributed by atoms with Gasteiger partial charge in [-0.25, -0.2) is 15.0 Å². The Balaban J connectivity index is 1.12. The van der Waals surface area contributed by atoms with Gasteiger partial charge in [0, 0.05) is 29.1 Å². The van der Waals surface area contributed by atoms with Crippen LogP contribution in [0.5, 0.6) is 0 Å². The van der Waals surface area contributed by atoms with Crippen LogP contribution in [0.15, 0.2) is 194 Å². The highest BCUT2D eigenvalue weighted by Gasteiger charge is 2.18. The summed E-state index contributed by atoms with van der Waals surface area (Å²) >= 11 is 0. The Bertz CT molecular complexity index is 2640. The Kier molecular flexibility index (Phi) is 8.16. The van der Waals surface area contributed by atoms with E-state index in [9.17, 15) is 0 Å². The molecule has 2 heterocycles. The molecule has 0 spiro atoms. The zero-order chi connectivity index (χ0) is 34.7. The minimum atomic E-state index is 0.638. The zero-order valence-electron chi connectivity index (χ0n) is 28.3. The Morgan fingerprint density at radius 1 is 0.250 bits per heavy atom. The summed E-state index contributed by atoms with van der Waals surface area (Å²) in [6.45, 7) is 0. The molecule has 0 radical (unpaired) electrons. The first-order valence-corrected chi connectivity index (χ1v) is 17.4. The Morgan fingerprint density at radius 2 is 0.692 bits per heavy atom. The fraction of sp³-hybridized carbons (Fsp3) is 0. The van der Waals surface area contributed by atoms with Gasteiger partial charge in [-0.2, -0.15) is 0 Å². The van der Waals surface area contributed by atoms with Crippen LogP contribution in [0.25, 0.3) is 89.4 Å². The van der Waals surface area contributed by atoms with Crippen LogP contribution in [0.2, 0.25) is 0 Å². The van der Waals surface area contributed by atoms with Crippen LogP contribution >= 0.6 is 0 Å². The van der Waals surface area contributed by atoms with Crippen LogP contribution < -0.4 is 0 Å². The summed E-state index contributed by atoms with van der Waals surface area (Å²) in [5.74, 6) is 1.92. The second-order valence-corrected chi connectivity index (χ2v) is 12.7. The number of hydrogen-bond donors (Lipinski definition) is 0. The van der Waals surface area contributed by atoms with Gasteiger partial charge >= 0.3 is 0 Å². The number of nitrogens with zero attached hydrogens (tertiary/aromatic N) is 4. The van der Waals surface area contributed by atoms with Crippen molar-refractivity contribution in [2.75, 3.05) is 0 Å². The minimum absolute atomic E-state index is 0.638. The molecule has 2 aromatic heterocycles. The predicted molar refractivity (Wildman–Crippen MR) is 213 cm³/mol. The molecule has 0 aliphatic heterocycles. The van der Waals surface area contributed by atoms with Crippen molar-refractivity contribution in [2.24, 2.45) is 0 Å². The third-order valence-electron chi connectivity index (χ3n) is 9.49. The van der Waals surface area contributed by atoms with Crippen LogP contribution in [0.4, 0.5) is 0 Å². The fourth-order valence-corrected chi connectivity index (χ4v) is 6.86. The number of fused-ring (bicyclic) bond motifs is 1. The zero-order valence-corrected chi connectivity index (χ0v) is 28.3. The van der Waals surface area contributed by atoms with Gasteiger partial charge in [0.2, 0.25) is 0 Å². The largest absolute Gasteiger partial charge is 0.264 e. The molecule has 0 aliphatic rings. The van der Waals surface area contributed by atoms with Crippen molar-refractivity contribution < 1.29 is 0 Å². The van der Waals surface area contributed by atoms with E-state index >= 15 is 0 Å². The molecule has 0 atom stereocenters. The molecule has 244 valence electrons. The van der Waals surface area contributed by atoms with Crippen molar-refractivity contribution in [3.05, 3.63) is 194 Å². The third-order valence-corrected chi connectivity index (χ3v) is 9.49. The smallest absolute Gasteiger partial charge is 0.164 e. The molecule has 0 aliphatic carbocycles. The maximum Gasteiger partial charge on any atom is 0.164 e. The van der Waals surface area contributed by atoms with Crippen molar-refractivity contribution in [3.8, 4) is 78.7 Å². The van der Waals surface area contributed by atoms with Crippen molar-refractivity contribution in [3.63, 3.8) is 0 Å².